The maximum atomic E-state index is 13.0. The fourth-order valence-corrected chi connectivity index (χ4v) is 4.63. The van der Waals surface area contributed by atoms with Crippen LogP contribution in [0.1, 0.15) is 21.8 Å². The van der Waals surface area contributed by atoms with Crippen LogP contribution in [0.15, 0.2) is 12.4 Å². The van der Waals surface area contributed by atoms with Gasteiger partial charge in [-0.05, 0) is 19.3 Å². The lowest BCUT2D eigenvalue weighted by Crippen LogP contribution is -2.49. The highest BCUT2D eigenvalue weighted by molar-refractivity contribution is 7.17. The summed E-state index contributed by atoms with van der Waals surface area (Å²) in [4.78, 5) is 22.7. The molecule has 2 aromatic rings. The van der Waals surface area contributed by atoms with Crippen LogP contribution in [-0.2, 0) is 11.8 Å². The molecule has 2 aromatic heterocycles. The fraction of sp³-hybridized carbons (Fsp3) is 0.611. The Morgan fingerprint density at radius 3 is 2.81 bits per heavy atom. The van der Waals surface area contributed by atoms with Crippen molar-refractivity contribution >= 4 is 17.2 Å². The summed E-state index contributed by atoms with van der Waals surface area (Å²) in [6.07, 6.45) is 4.88. The van der Waals surface area contributed by atoms with Crippen molar-refractivity contribution in [2.75, 3.05) is 45.9 Å². The maximum Gasteiger partial charge on any atom is 0.265 e. The van der Waals surface area contributed by atoms with Gasteiger partial charge in [0.2, 0.25) is 0 Å². The molecular weight excluding hydrogens is 350 g/mol. The zero-order valence-corrected chi connectivity index (χ0v) is 16.2. The summed E-state index contributed by atoms with van der Waals surface area (Å²) in [5.74, 6) is 0.766. The van der Waals surface area contributed by atoms with Crippen LogP contribution >= 0.6 is 11.3 Å². The number of hydrogen-bond donors (Lipinski definition) is 0. The Morgan fingerprint density at radius 1 is 1.35 bits per heavy atom. The number of carbonyl (C=O) groups is 1. The highest BCUT2D eigenvalue weighted by atomic mass is 32.1. The number of aromatic nitrogens is 3. The molecule has 1 amide bonds. The molecule has 2 aliphatic rings. The first-order chi connectivity index (χ1) is 12.6. The Balaban J connectivity index is 1.38. The van der Waals surface area contributed by atoms with E-state index < -0.39 is 0 Å². The first-order valence-corrected chi connectivity index (χ1v) is 9.97. The number of rotatable bonds is 4. The van der Waals surface area contributed by atoms with Crippen molar-refractivity contribution in [1.82, 2.24) is 24.6 Å². The predicted octanol–water partition coefficient (Wildman–Crippen LogP) is 1.65. The average Bonchev–Trinajstić information content (AvgIpc) is 3.37. The van der Waals surface area contributed by atoms with Crippen LogP contribution in [0.25, 0.3) is 10.6 Å². The van der Waals surface area contributed by atoms with Gasteiger partial charge in [-0.1, -0.05) is 0 Å². The minimum Gasteiger partial charge on any atom is -0.381 e. The molecule has 0 saturated carbocycles. The minimum absolute atomic E-state index is 0.110. The van der Waals surface area contributed by atoms with E-state index in [4.69, 9.17) is 4.74 Å². The highest BCUT2D eigenvalue weighted by Gasteiger charge is 2.27. The molecule has 4 heterocycles. The van der Waals surface area contributed by atoms with Crippen LogP contribution in [0.2, 0.25) is 0 Å². The first-order valence-electron chi connectivity index (χ1n) is 9.16. The molecule has 0 radical (unpaired) electrons. The number of thiazole rings is 1. The summed E-state index contributed by atoms with van der Waals surface area (Å²) in [5, 5.41) is 5.05. The molecule has 4 rings (SSSR count). The second kappa shape index (κ2) is 7.46. The van der Waals surface area contributed by atoms with E-state index >= 15 is 0 Å². The molecule has 0 bridgehead atoms. The number of hydrogen-bond acceptors (Lipinski definition) is 6. The summed E-state index contributed by atoms with van der Waals surface area (Å²) >= 11 is 1.47. The first kappa shape index (κ1) is 17.6. The topological polar surface area (TPSA) is 63.5 Å². The highest BCUT2D eigenvalue weighted by Crippen LogP contribution is 2.28. The number of carbonyl (C=O) groups excluding carboxylic acids is 1. The van der Waals surface area contributed by atoms with Gasteiger partial charge >= 0.3 is 0 Å². The zero-order valence-electron chi connectivity index (χ0n) is 15.3. The Kier molecular flexibility index (Phi) is 5.06. The molecule has 2 saturated heterocycles. The van der Waals surface area contributed by atoms with E-state index in [1.54, 1.807) is 10.9 Å². The molecule has 2 fully saturated rings. The number of nitrogens with zero attached hydrogens (tertiary/aromatic N) is 5. The van der Waals surface area contributed by atoms with Gasteiger partial charge < -0.3 is 9.64 Å². The van der Waals surface area contributed by atoms with E-state index in [1.807, 2.05) is 25.1 Å². The molecule has 140 valence electrons. The Bertz CT molecular complexity index is 772. The van der Waals surface area contributed by atoms with Gasteiger partial charge in [-0.15, -0.1) is 11.3 Å². The van der Waals surface area contributed by atoms with Crippen molar-refractivity contribution in [3.8, 4) is 10.6 Å². The van der Waals surface area contributed by atoms with Gasteiger partial charge in [0.05, 0.1) is 18.5 Å². The summed E-state index contributed by atoms with van der Waals surface area (Å²) in [7, 11) is 1.88. The third-order valence-corrected chi connectivity index (χ3v) is 6.34. The van der Waals surface area contributed by atoms with Crippen molar-refractivity contribution in [3.63, 3.8) is 0 Å². The van der Waals surface area contributed by atoms with E-state index in [0.717, 1.165) is 73.5 Å². The van der Waals surface area contributed by atoms with Crippen LogP contribution in [0.4, 0.5) is 0 Å². The molecule has 1 atom stereocenters. The molecule has 8 heteroatoms. The third-order valence-electron chi connectivity index (χ3n) is 5.14. The van der Waals surface area contributed by atoms with E-state index in [0.29, 0.717) is 5.92 Å². The number of ether oxygens (including phenoxy) is 1. The van der Waals surface area contributed by atoms with Crippen molar-refractivity contribution in [2.45, 2.75) is 13.3 Å². The molecule has 26 heavy (non-hydrogen) atoms. The average molecular weight is 375 g/mol. The molecule has 7 nitrogen and oxygen atoms in total. The zero-order chi connectivity index (χ0) is 18.1. The van der Waals surface area contributed by atoms with Crippen molar-refractivity contribution in [1.29, 1.82) is 0 Å². The van der Waals surface area contributed by atoms with Crippen LogP contribution in [0, 0.1) is 12.8 Å². The van der Waals surface area contributed by atoms with Gasteiger partial charge in [-0.3, -0.25) is 14.4 Å². The number of amides is 1. The normalized spacial score (nSPS) is 21.5. The van der Waals surface area contributed by atoms with Gasteiger partial charge in [0.15, 0.2) is 0 Å². The van der Waals surface area contributed by atoms with Gasteiger partial charge in [0.25, 0.3) is 5.91 Å². The molecule has 0 aliphatic carbocycles. The second-order valence-electron chi connectivity index (χ2n) is 7.16. The van der Waals surface area contributed by atoms with Crippen LogP contribution in [-0.4, -0.2) is 76.4 Å². The fourth-order valence-electron chi connectivity index (χ4n) is 3.62. The quantitative estimate of drug-likeness (QED) is 0.813. The lowest BCUT2D eigenvalue weighted by atomic mass is 10.1. The second-order valence-corrected chi connectivity index (χ2v) is 8.16. The standard InChI is InChI=1S/C18H25N5O2S/c1-13-16(26-17(20-13)15-9-19-21(2)11-15)18(24)23-6-4-22(5-7-23)10-14-3-8-25-12-14/h9,11,14H,3-8,10,12H2,1-2H3/t14-/m0/s1. The smallest absolute Gasteiger partial charge is 0.265 e. The summed E-state index contributed by atoms with van der Waals surface area (Å²) in [6, 6.07) is 0. The van der Waals surface area contributed by atoms with Crippen LogP contribution in [0.5, 0.6) is 0 Å². The maximum absolute atomic E-state index is 13.0. The molecule has 0 aromatic carbocycles. The predicted molar refractivity (Wildman–Crippen MR) is 100 cm³/mol. The lowest BCUT2D eigenvalue weighted by molar-refractivity contribution is 0.0615. The van der Waals surface area contributed by atoms with Gasteiger partial charge in [0.1, 0.15) is 9.88 Å². The molecule has 0 unspecified atom stereocenters. The molecule has 0 spiro atoms. The van der Waals surface area contributed by atoms with Gasteiger partial charge in [-0.2, -0.15) is 5.10 Å². The van der Waals surface area contributed by atoms with Crippen LogP contribution in [0.3, 0.4) is 0 Å². The van der Waals surface area contributed by atoms with E-state index in [1.165, 1.54) is 11.3 Å². The Morgan fingerprint density at radius 2 is 2.15 bits per heavy atom. The van der Waals surface area contributed by atoms with Gasteiger partial charge in [-0.25, -0.2) is 4.98 Å². The molecule has 0 N–H and O–H groups in total. The number of piperazine rings is 1. The summed E-state index contributed by atoms with van der Waals surface area (Å²) in [6.45, 7) is 8.24. The van der Waals surface area contributed by atoms with E-state index in [9.17, 15) is 4.79 Å². The summed E-state index contributed by atoms with van der Waals surface area (Å²) < 4.78 is 7.22. The molecule has 2 aliphatic heterocycles. The number of aryl methyl sites for hydroxylation is 2. The van der Waals surface area contributed by atoms with E-state index in [2.05, 4.69) is 15.0 Å². The van der Waals surface area contributed by atoms with Crippen molar-refractivity contribution < 1.29 is 9.53 Å². The van der Waals surface area contributed by atoms with Crippen molar-refractivity contribution in [2.24, 2.45) is 13.0 Å². The SMILES string of the molecule is Cc1nc(-c2cnn(C)c2)sc1C(=O)N1CCN(C[C@@H]2CCOC2)CC1. The Labute approximate surface area is 157 Å². The lowest BCUT2D eigenvalue weighted by Gasteiger charge is -2.35. The molecular formula is C18H25N5O2S. The largest absolute Gasteiger partial charge is 0.381 e. The van der Waals surface area contributed by atoms with E-state index in [-0.39, 0.29) is 5.91 Å². The summed E-state index contributed by atoms with van der Waals surface area (Å²) in [5.41, 5.74) is 1.77. The van der Waals surface area contributed by atoms with Crippen molar-refractivity contribution in [3.05, 3.63) is 23.0 Å². The minimum atomic E-state index is 0.110. The van der Waals surface area contributed by atoms with Crippen LogP contribution < -0.4 is 0 Å². The van der Waals surface area contributed by atoms with Gasteiger partial charge in [0, 0.05) is 58.1 Å². The monoisotopic (exact) mass is 375 g/mol. The third kappa shape index (κ3) is 3.67. The Hall–Kier alpha value is -1.77.